The molecule has 4 heteroatoms. The quantitative estimate of drug-likeness (QED) is 0.920. The highest BCUT2D eigenvalue weighted by Gasteiger charge is 2.64. The molecule has 0 spiro atoms. The van der Waals surface area contributed by atoms with Gasteiger partial charge in [-0.1, -0.05) is 13.8 Å². The van der Waals surface area contributed by atoms with E-state index in [0.29, 0.717) is 22.8 Å². The Morgan fingerprint density at radius 3 is 2.67 bits per heavy atom. The smallest absolute Gasteiger partial charge is 0.317 e. The minimum atomic E-state index is -0.778. The number of hydrogen-bond donors (Lipinski definition) is 1. The van der Waals surface area contributed by atoms with Crippen LogP contribution in [0.5, 0.6) is 0 Å². The molecular formula is C11H13BrO3. The predicted octanol–water partition coefficient (Wildman–Crippen LogP) is 3.04. The summed E-state index contributed by atoms with van der Waals surface area (Å²) in [6, 6.07) is 3.50. The predicted molar refractivity (Wildman–Crippen MR) is 58.7 cm³/mol. The van der Waals surface area contributed by atoms with Gasteiger partial charge in [0.2, 0.25) is 0 Å². The van der Waals surface area contributed by atoms with Crippen LogP contribution >= 0.6 is 15.9 Å². The monoisotopic (exact) mass is 272 g/mol. The van der Waals surface area contributed by atoms with E-state index in [9.17, 15) is 9.90 Å². The molecule has 1 aliphatic carbocycles. The molecule has 3 nitrogen and oxygen atoms in total. The van der Waals surface area contributed by atoms with Gasteiger partial charge in [-0.2, -0.15) is 0 Å². The number of carboxylic acids is 1. The summed E-state index contributed by atoms with van der Waals surface area (Å²) < 4.78 is 5.98. The fourth-order valence-corrected chi connectivity index (χ4v) is 2.59. The Bertz CT molecular complexity index is 396. The third kappa shape index (κ3) is 1.51. The van der Waals surface area contributed by atoms with Crippen molar-refractivity contribution in [1.29, 1.82) is 0 Å². The summed E-state index contributed by atoms with van der Waals surface area (Å²) in [5, 5.41) is 9.31. The molecule has 1 aromatic rings. The van der Waals surface area contributed by atoms with E-state index < -0.39 is 11.4 Å². The van der Waals surface area contributed by atoms with Crippen molar-refractivity contribution in [3.63, 3.8) is 0 Å². The lowest BCUT2D eigenvalue weighted by Crippen LogP contribution is -2.23. The van der Waals surface area contributed by atoms with Crippen LogP contribution in [0.3, 0.4) is 0 Å². The lowest BCUT2D eigenvalue weighted by Gasteiger charge is -2.11. The van der Waals surface area contributed by atoms with Gasteiger partial charge in [0.05, 0.1) is 0 Å². The average Bonchev–Trinajstić information content (AvgIpc) is 2.78. The molecule has 0 amide bonds. The van der Waals surface area contributed by atoms with Gasteiger partial charge in [0, 0.05) is 0 Å². The van der Waals surface area contributed by atoms with Crippen LogP contribution in [-0.4, -0.2) is 11.1 Å². The summed E-state index contributed by atoms with van der Waals surface area (Å²) in [7, 11) is 0. The SMILES string of the molecule is CC(C)C1CC1(C(=O)O)c1ccc(Br)o1. The molecule has 15 heavy (non-hydrogen) atoms. The van der Waals surface area contributed by atoms with E-state index in [0.717, 1.165) is 0 Å². The van der Waals surface area contributed by atoms with Gasteiger partial charge in [-0.15, -0.1) is 0 Å². The van der Waals surface area contributed by atoms with Crippen molar-refractivity contribution in [2.45, 2.75) is 25.7 Å². The van der Waals surface area contributed by atoms with Gasteiger partial charge < -0.3 is 9.52 Å². The number of hydrogen-bond acceptors (Lipinski definition) is 2. The van der Waals surface area contributed by atoms with Crippen molar-refractivity contribution in [3.8, 4) is 0 Å². The van der Waals surface area contributed by atoms with Crippen LogP contribution in [0.15, 0.2) is 21.2 Å². The molecular weight excluding hydrogens is 260 g/mol. The second kappa shape index (κ2) is 3.37. The molecule has 1 aliphatic rings. The van der Waals surface area contributed by atoms with Crippen LogP contribution in [0.1, 0.15) is 26.0 Å². The molecule has 1 heterocycles. The molecule has 0 bridgehead atoms. The van der Waals surface area contributed by atoms with E-state index in [1.54, 1.807) is 12.1 Å². The van der Waals surface area contributed by atoms with E-state index in [4.69, 9.17) is 4.42 Å². The number of carboxylic acid groups (broad SMARTS) is 1. The molecule has 1 fully saturated rings. The highest BCUT2D eigenvalue weighted by atomic mass is 79.9. The fourth-order valence-electron chi connectivity index (χ4n) is 2.28. The van der Waals surface area contributed by atoms with E-state index in [2.05, 4.69) is 15.9 Å². The Morgan fingerprint density at radius 1 is 1.67 bits per heavy atom. The van der Waals surface area contributed by atoms with Crippen LogP contribution < -0.4 is 0 Å². The maximum atomic E-state index is 11.3. The molecule has 0 aliphatic heterocycles. The first-order valence-corrected chi connectivity index (χ1v) is 5.77. The summed E-state index contributed by atoms with van der Waals surface area (Å²) >= 11 is 3.20. The molecule has 0 radical (unpaired) electrons. The number of rotatable bonds is 3. The van der Waals surface area contributed by atoms with E-state index >= 15 is 0 Å². The van der Waals surface area contributed by atoms with Gasteiger partial charge >= 0.3 is 5.97 Å². The first-order chi connectivity index (χ1) is 6.98. The zero-order valence-electron chi connectivity index (χ0n) is 8.66. The Hall–Kier alpha value is -0.770. The fraction of sp³-hybridized carbons (Fsp3) is 0.545. The summed E-state index contributed by atoms with van der Waals surface area (Å²) in [6.45, 7) is 4.10. The number of aliphatic carboxylic acids is 1. The third-order valence-electron chi connectivity index (χ3n) is 3.21. The summed E-state index contributed by atoms with van der Waals surface area (Å²) in [4.78, 5) is 11.3. The topological polar surface area (TPSA) is 50.4 Å². The van der Waals surface area contributed by atoms with E-state index in [1.165, 1.54) is 0 Å². The zero-order chi connectivity index (χ0) is 11.2. The van der Waals surface area contributed by atoms with Crippen molar-refractivity contribution in [1.82, 2.24) is 0 Å². The third-order valence-corrected chi connectivity index (χ3v) is 3.64. The van der Waals surface area contributed by atoms with Gasteiger partial charge in [0.25, 0.3) is 0 Å². The standard InChI is InChI=1S/C11H13BrO3/c1-6(2)7-5-11(7,10(13)14)8-3-4-9(12)15-8/h3-4,6-7H,5H2,1-2H3,(H,13,14). The van der Waals surface area contributed by atoms with Gasteiger partial charge in [-0.25, -0.2) is 0 Å². The Kier molecular flexibility index (Phi) is 2.41. The molecule has 2 atom stereocenters. The van der Waals surface area contributed by atoms with Gasteiger partial charge in [-0.05, 0) is 46.3 Å². The molecule has 1 N–H and O–H groups in total. The number of carbonyl (C=O) groups is 1. The van der Waals surface area contributed by atoms with Crippen molar-refractivity contribution < 1.29 is 14.3 Å². The molecule has 2 unspecified atom stereocenters. The zero-order valence-corrected chi connectivity index (χ0v) is 10.2. The lowest BCUT2D eigenvalue weighted by molar-refractivity contribution is -0.141. The Morgan fingerprint density at radius 2 is 2.33 bits per heavy atom. The molecule has 2 rings (SSSR count). The van der Waals surface area contributed by atoms with Crippen LogP contribution in [0.2, 0.25) is 0 Å². The van der Waals surface area contributed by atoms with E-state index in [-0.39, 0.29) is 5.92 Å². The first kappa shape index (κ1) is 10.7. The number of halogens is 1. The highest BCUT2D eigenvalue weighted by molar-refractivity contribution is 9.10. The number of furan rings is 1. The maximum absolute atomic E-state index is 11.3. The maximum Gasteiger partial charge on any atom is 0.317 e. The second-order valence-electron chi connectivity index (χ2n) is 4.43. The molecule has 0 aromatic carbocycles. The Balaban J connectivity index is 2.35. The van der Waals surface area contributed by atoms with Crippen LogP contribution in [0.4, 0.5) is 0 Å². The summed E-state index contributed by atoms with van der Waals surface area (Å²) in [5.41, 5.74) is -0.778. The minimum Gasteiger partial charge on any atom is -0.480 e. The van der Waals surface area contributed by atoms with Crippen LogP contribution in [-0.2, 0) is 10.2 Å². The summed E-state index contributed by atoms with van der Waals surface area (Å²) in [5.74, 6) is 0.349. The van der Waals surface area contributed by atoms with Crippen LogP contribution in [0, 0.1) is 11.8 Å². The molecule has 1 aromatic heterocycles. The largest absolute Gasteiger partial charge is 0.480 e. The second-order valence-corrected chi connectivity index (χ2v) is 5.22. The highest BCUT2D eigenvalue weighted by Crippen LogP contribution is 2.58. The lowest BCUT2D eigenvalue weighted by atomic mass is 9.95. The van der Waals surface area contributed by atoms with Crippen molar-refractivity contribution in [2.75, 3.05) is 0 Å². The Labute approximate surface area is 96.6 Å². The molecule has 1 saturated carbocycles. The molecule has 0 saturated heterocycles. The molecule has 82 valence electrons. The van der Waals surface area contributed by atoms with Crippen molar-refractivity contribution >= 4 is 21.9 Å². The summed E-state index contributed by atoms with van der Waals surface area (Å²) in [6.07, 6.45) is 0.681. The van der Waals surface area contributed by atoms with Gasteiger partial charge in [-0.3, -0.25) is 4.79 Å². The first-order valence-electron chi connectivity index (χ1n) is 4.97. The van der Waals surface area contributed by atoms with Gasteiger partial charge in [0.1, 0.15) is 11.2 Å². The minimum absolute atomic E-state index is 0.188. The average molecular weight is 273 g/mol. The van der Waals surface area contributed by atoms with Gasteiger partial charge in [0.15, 0.2) is 4.67 Å². The van der Waals surface area contributed by atoms with Crippen LogP contribution in [0.25, 0.3) is 0 Å². The normalized spacial score (nSPS) is 29.5. The van der Waals surface area contributed by atoms with E-state index in [1.807, 2.05) is 13.8 Å². The van der Waals surface area contributed by atoms with Crippen molar-refractivity contribution in [2.24, 2.45) is 11.8 Å². The van der Waals surface area contributed by atoms with Crippen molar-refractivity contribution in [3.05, 3.63) is 22.6 Å².